The molecule has 0 aromatic carbocycles. The second-order valence-electron chi connectivity index (χ2n) is 6.30. The molecule has 5 heteroatoms. The number of rotatable bonds is 3. The molecule has 1 N–H and O–H groups in total. The van der Waals surface area contributed by atoms with Gasteiger partial charge in [0.05, 0.1) is 0 Å². The van der Waals surface area contributed by atoms with Crippen LogP contribution in [0, 0.1) is 5.92 Å². The first-order valence-electron chi connectivity index (χ1n) is 7.66. The van der Waals surface area contributed by atoms with Gasteiger partial charge in [0, 0.05) is 45.3 Å². The summed E-state index contributed by atoms with van der Waals surface area (Å²) in [5.41, 5.74) is 0. The van der Waals surface area contributed by atoms with Crippen LogP contribution in [-0.2, 0) is 0 Å². The largest absolute Gasteiger partial charge is 0.465 e. The summed E-state index contributed by atoms with van der Waals surface area (Å²) in [6.07, 6.45) is 4.74. The zero-order chi connectivity index (χ0) is 13.2. The molecule has 2 aliphatic heterocycles. The number of carboxylic acid groups (broad SMARTS) is 1. The van der Waals surface area contributed by atoms with Crippen LogP contribution >= 0.6 is 0 Å². The van der Waals surface area contributed by atoms with E-state index in [0.717, 1.165) is 31.6 Å². The minimum Gasteiger partial charge on any atom is -0.465 e. The van der Waals surface area contributed by atoms with Crippen molar-refractivity contribution >= 4 is 6.09 Å². The van der Waals surface area contributed by atoms with E-state index in [4.69, 9.17) is 5.11 Å². The summed E-state index contributed by atoms with van der Waals surface area (Å²) in [5, 5.41) is 8.95. The molecular weight excluding hydrogens is 242 g/mol. The minimum atomic E-state index is -0.766. The highest BCUT2D eigenvalue weighted by atomic mass is 16.4. The van der Waals surface area contributed by atoms with Crippen molar-refractivity contribution in [1.82, 2.24) is 14.7 Å². The van der Waals surface area contributed by atoms with E-state index in [2.05, 4.69) is 9.80 Å². The van der Waals surface area contributed by atoms with Crippen molar-refractivity contribution in [3.05, 3.63) is 0 Å². The number of piperazine rings is 1. The van der Waals surface area contributed by atoms with E-state index in [-0.39, 0.29) is 0 Å². The lowest BCUT2D eigenvalue weighted by Gasteiger charge is -2.38. The summed E-state index contributed by atoms with van der Waals surface area (Å²) >= 11 is 0. The van der Waals surface area contributed by atoms with E-state index in [1.807, 2.05) is 0 Å². The SMILES string of the molecule is O=C(O)N1CCN(C[C@H]2CCCN(C3CC3)C2)CC1. The van der Waals surface area contributed by atoms with Gasteiger partial charge >= 0.3 is 6.09 Å². The number of amides is 1. The highest BCUT2D eigenvalue weighted by molar-refractivity contribution is 5.65. The standard InChI is InChI=1S/C14H25N3O2/c18-14(19)16-8-6-15(7-9-16)10-12-2-1-5-17(11-12)13-3-4-13/h12-13H,1-11H2,(H,18,19)/t12-/m1/s1. The molecule has 3 rings (SSSR count). The molecule has 0 bridgehead atoms. The van der Waals surface area contributed by atoms with Crippen LogP contribution in [0.2, 0.25) is 0 Å². The van der Waals surface area contributed by atoms with Gasteiger partial charge in [-0.25, -0.2) is 4.79 Å². The zero-order valence-corrected chi connectivity index (χ0v) is 11.6. The third-order valence-corrected chi connectivity index (χ3v) is 4.77. The van der Waals surface area contributed by atoms with Gasteiger partial charge in [0.25, 0.3) is 0 Å². The summed E-state index contributed by atoms with van der Waals surface area (Å²) in [5.74, 6) is 0.797. The highest BCUT2D eigenvalue weighted by Gasteiger charge is 2.33. The molecule has 5 nitrogen and oxygen atoms in total. The van der Waals surface area contributed by atoms with Crippen molar-refractivity contribution < 1.29 is 9.90 Å². The molecule has 0 aromatic rings. The Hall–Kier alpha value is -0.810. The second kappa shape index (κ2) is 5.67. The van der Waals surface area contributed by atoms with E-state index in [9.17, 15) is 4.79 Å². The zero-order valence-electron chi connectivity index (χ0n) is 11.6. The maximum Gasteiger partial charge on any atom is 0.407 e. The smallest absolute Gasteiger partial charge is 0.407 e. The quantitative estimate of drug-likeness (QED) is 0.833. The second-order valence-corrected chi connectivity index (χ2v) is 6.30. The first-order valence-corrected chi connectivity index (χ1v) is 7.66. The maximum atomic E-state index is 10.9. The van der Waals surface area contributed by atoms with Crippen LogP contribution in [0.3, 0.4) is 0 Å². The summed E-state index contributed by atoms with van der Waals surface area (Å²) in [6, 6.07) is 0.895. The fourth-order valence-corrected chi connectivity index (χ4v) is 3.50. The fourth-order valence-electron chi connectivity index (χ4n) is 3.50. The molecule has 3 fully saturated rings. The van der Waals surface area contributed by atoms with Gasteiger partial charge in [0.15, 0.2) is 0 Å². The van der Waals surface area contributed by atoms with Crippen LogP contribution in [-0.4, -0.2) is 77.8 Å². The van der Waals surface area contributed by atoms with Gasteiger partial charge in [0.1, 0.15) is 0 Å². The Bertz CT molecular complexity index is 325. The van der Waals surface area contributed by atoms with Crippen molar-refractivity contribution in [2.24, 2.45) is 5.92 Å². The topological polar surface area (TPSA) is 47.0 Å². The molecule has 1 amide bonds. The van der Waals surface area contributed by atoms with Crippen molar-refractivity contribution in [3.63, 3.8) is 0 Å². The normalized spacial score (nSPS) is 30.5. The Morgan fingerprint density at radius 1 is 1.05 bits per heavy atom. The molecule has 108 valence electrons. The van der Waals surface area contributed by atoms with Crippen molar-refractivity contribution in [2.75, 3.05) is 45.8 Å². The van der Waals surface area contributed by atoms with Gasteiger partial charge < -0.3 is 14.9 Å². The Kier molecular flexibility index (Phi) is 3.93. The van der Waals surface area contributed by atoms with Crippen molar-refractivity contribution in [1.29, 1.82) is 0 Å². The molecule has 0 radical (unpaired) electrons. The highest BCUT2D eigenvalue weighted by Crippen LogP contribution is 2.31. The predicted octanol–water partition coefficient (Wildman–Crippen LogP) is 1.16. The van der Waals surface area contributed by atoms with E-state index < -0.39 is 6.09 Å². The van der Waals surface area contributed by atoms with Gasteiger partial charge in [0.2, 0.25) is 0 Å². The molecule has 1 saturated carbocycles. The van der Waals surface area contributed by atoms with Gasteiger partial charge in [-0.1, -0.05) is 0 Å². The van der Waals surface area contributed by atoms with Crippen LogP contribution < -0.4 is 0 Å². The first kappa shape index (κ1) is 13.2. The Labute approximate surface area is 115 Å². The molecule has 1 atom stereocenters. The van der Waals surface area contributed by atoms with Gasteiger partial charge in [-0.3, -0.25) is 4.90 Å². The lowest BCUT2D eigenvalue weighted by molar-refractivity contribution is 0.0812. The number of nitrogens with zero attached hydrogens (tertiary/aromatic N) is 3. The Morgan fingerprint density at radius 2 is 1.79 bits per heavy atom. The average molecular weight is 267 g/mol. The number of hydrogen-bond acceptors (Lipinski definition) is 3. The van der Waals surface area contributed by atoms with E-state index >= 15 is 0 Å². The fraction of sp³-hybridized carbons (Fsp3) is 0.929. The molecule has 2 saturated heterocycles. The molecule has 3 aliphatic rings. The number of carbonyl (C=O) groups is 1. The number of hydrogen-bond donors (Lipinski definition) is 1. The number of piperidine rings is 1. The average Bonchev–Trinajstić information content (AvgIpc) is 3.24. The third-order valence-electron chi connectivity index (χ3n) is 4.77. The third kappa shape index (κ3) is 3.39. The van der Waals surface area contributed by atoms with Crippen LogP contribution in [0.25, 0.3) is 0 Å². The summed E-state index contributed by atoms with van der Waals surface area (Å²) < 4.78 is 0. The summed E-state index contributed by atoms with van der Waals surface area (Å²) in [7, 11) is 0. The van der Waals surface area contributed by atoms with Crippen molar-refractivity contribution in [3.8, 4) is 0 Å². The molecule has 19 heavy (non-hydrogen) atoms. The Balaban J connectivity index is 1.42. The minimum absolute atomic E-state index is 0.675. The van der Waals surface area contributed by atoms with Crippen LogP contribution in [0.5, 0.6) is 0 Å². The van der Waals surface area contributed by atoms with Crippen LogP contribution in [0.1, 0.15) is 25.7 Å². The molecular formula is C14H25N3O2. The maximum absolute atomic E-state index is 10.9. The van der Waals surface area contributed by atoms with E-state index in [1.165, 1.54) is 43.7 Å². The van der Waals surface area contributed by atoms with Crippen LogP contribution in [0.4, 0.5) is 4.79 Å². The lowest BCUT2D eigenvalue weighted by Crippen LogP contribution is -2.51. The summed E-state index contributed by atoms with van der Waals surface area (Å²) in [4.78, 5) is 17.6. The predicted molar refractivity (Wildman–Crippen MR) is 73.4 cm³/mol. The van der Waals surface area contributed by atoms with Crippen LogP contribution in [0.15, 0.2) is 0 Å². The lowest BCUT2D eigenvalue weighted by atomic mass is 9.97. The van der Waals surface area contributed by atoms with Crippen molar-refractivity contribution in [2.45, 2.75) is 31.7 Å². The van der Waals surface area contributed by atoms with Gasteiger partial charge in [-0.05, 0) is 38.1 Å². The molecule has 0 unspecified atom stereocenters. The van der Waals surface area contributed by atoms with Gasteiger partial charge in [-0.2, -0.15) is 0 Å². The molecule has 0 aromatic heterocycles. The van der Waals surface area contributed by atoms with Gasteiger partial charge in [-0.15, -0.1) is 0 Å². The molecule has 0 spiro atoms. The Morgan fingerprint density at radius 3 is 2.42 bits per heavy atom. The molecule has 2 heterocycles. The molecule has 1 aliphatic carbocycles. The number of likely N-dealkylation sites (tertiary alicyclic amines) is 1. The van der Waals surface area contributed by atoms with E-state index in [0.29, 0.717) is 13.1 Å². The first-order chi connectivity index (χ1) is 9.22. The summed E-state index contributed by atoms with van der Waals surface area (Å²) in [6.45, 7) is 6.90. The monoisotopic (exact) mass is 267 g/mol. The van der Waals surface area contributed by atoms with E-state index in [1.54, 1.807) is 0 Å².